The molecule has 1 aromatic heterocycles. The smallest absolute Gasteiger partial charge is 0.348 e. The second-order valence-electron chi connectivity index (χ2n) is 4.57. The minimum absolute atomic E-state index is 0.387. The summed E-state index contributed by atoms with van der Waals surface area (Å²) in [5.41, 5.74) is 0. The van der Waals surface area contributed by atoms with Gasteiger partial charge in [-0.1, -0.05) is 18.2 Å². The Labute approximate surface area is 121 Å². The van der Waals surface area contributed by atoms with Crippen molar-refractivity contribution in [2.45, 2.75) is 20.0 Å². The zero-order valence-corrected chi connectivity index (χ0v) is 12.4. The van der Waals surface area contributed by atoms with Crippen molar-refractivity contribution in [3.8, 4) is 0 Å². The highest BCUT2D eigenvalue weighted by molar-refractivity contribution is 7.20. The molecule has 0 saturated carbocycles. The molecule has 4 nitrogen and oxygen atoms in total. The zero-order valence-electron chi connectivity index (χ0n) is 11.6. The Morgan fingerprint density at radius 3 is 2.55 bits per heavy atom. The van der Waals surface area contributed by atoms with Crippen LogP contribution >= 0.6 is 11.3 Å². The molecule has 0 unspecified atom stereocenters. The van der Waals surface area contributed by atoms with Crippen LogP contribution < -0.4 is 0 Å². The van der Waals surface area contributed by atoms with E-state index >= 15 is 0 Å². The summed E-state index contributed by atoms with van der Waals surface area (Å²) in [6.45, 7) is 3.36. The summed E-state index contributed by atoms with van der Waals surface area (Å²) in [5.74, 6) is -1.28. The SMILES string of the molecule is COC(=O)[C@@H](C)[C@@H](C)OC(=O)c1cc2ccccc2s1. The molecular formula is C15H16O4S. The van der Waals surface area contributed by atoms with Crippen LogP contribution in [0, 0.1) is 5.92 Å². The number of ether oxygens (including phenoxy) is 2. The van der Waals surface area contributed by atoms with E-state index in [0.29, 0.717) is 4.88 Å². The van der Waals surface area contributed by atoms with Crippen LogP contribution in [0.5, 0.6) is 0 Å². The zero-order chi connectivity index (χ0) is 14.7. The molecule has 0 aliphatic carbocycles. The molecule has 0 bridgehead atoms. The van der Waals surface area contributed by atoms with Gasteiger partial charge in [0.05, 0.1) is 13.0 Å². The van der Waals surface area contributed by atoms with Gasteiger partial charge < -0.3 is 9.47 Å². The molecule has 5 heteroatoms. The van der Waals surface area contributed by atoms with Crippen LogP contribution in [0.3, 0.4) is 0 Å². The van der Waals surface area contributed by atoms with E-state index in [1.54, 1.807) is 19.9 Å². The third-order valence-electron chi connectivity index (χ3n) is 3.20. The Balaban J connectivity index is 2.09. The quantitative estimate of drug-likeness (QED) is 0.812. The van der Waals surface area contributed by atoms with Gasteiger partial charge in [0.25, 0.3) is 0 Å². The van der Waals surface area contributed by atoms with Crippen LogP contribution in [0.15, 0.2) is 30.3 Å². The average molecular weight is 292 g/mol. The maximum atomic E-state index is 12.1. The second kappa shape index (κ2) is 6.05. The molecule has 1 heterocycles. The van der Waals surface area contributed by atoms with Gasteiger partial charge in [0.15, 0.2) is 0 Å². The fourth-order valence-electron chi connectivity index (χ4n) is 1.79. The van der Waals surface area contributed by atoms with Crippen LogP contribution in [-0.4, -0.2) is 25.2 Å². The first-order chi connectivity index (χ1) is 9.52. The van der Waals surface area contributed by atoms with Crippen molar-refractivity contribution in [1.29, 1.82) is 0 Å². The van der Waals surface area contributed by atoms with Gasteiger partial charge in [-0.25, -0.2) is 4.79 Å². The number of hydrogen-bond acceptors (Lipinski definition) is 5. The fraction of sp³-hybridized carbons (Fsp3) is 0.333. The maximum Gasteiger partial charge on any atom is 0.348 e. The highest BCUT2D eigenvalue weighted by Crippen LogP contribution is 2.26. The number of carbonyl (C=O) groups is 2. The number of methoxy groups -OCH3 is 1. The van der Waals surface area contributed by atoms with Crippen LogP contribution in [0.25, 0.3) is 10.1 Å². The largest absolute Gasteiger partial charge is 0.469 e. The molecule has 2 rings (SSSR count). The van der Waals surface area contributed by atoms with Gasteiger partial charge in [-0.15, -0.1) is 11.3 Å². The highest BCUT2D eigenvalue weighted by Gasteiger charge is 2.25. The molecular weight excluding hydrogens is 276 g/mol. The Kier molecular flexibility index (Phi) is 4.39. The van der Waals surface area contributed by atoms with Gasteiger partial charge in [-0.3, -0.25) is 4.79 Å². The topological polar surface area (TPSA) is 52.6 Å². The van der Waals surface area contributed by atoms with E-state index in [1.807, 2.05) is 24.3 Å². The molecule has 2 aromatic rings. The van der Waals surface area contributed by atoms with Crippen LogP contribution in [0.1, 0.15) is 23.5 Å². The first kappa shape index (κ1) is 14.5. The van der Waals surface area contributed by atoms with Crippen LogP contribution in [-0.2, 0) is 14.3 Å². The molecule has 0 spiro atoms. The lowest BCUT2D eigenvalue weighted by Gasteiger charge is -2.17. The number of benzene rings is 1. The molecule has 0 amide bonds. The number of fused-ring (bicyclic) bond motifs is 1. The molecule has 0 radical (unpaired) electrons. The lowest BCUT2D eigenvalue weighted by atomic mass is 10.1. The van der Waals surface area contributed by atoms with Gasteiger partial charge in [0.2, 0.25) is 0 Å². The average Bonchev–Trinajstić information content (AvgIpc) is 2.89. The van der Waals surface area contributed by atoms with Gasteiger partial charge in [0.1, 0.15) is 11.0 Å². The summed E-state index contributed by atoms with van der Waals surface area (Å²) in [6.07, 6.45) is -0.528. The molecule has 0 N–H and O–H groups in total. The number of thiophene rings is 1. The van der Waals surface area contributed by atoms with E-state index < -0.39 is 18.0 Å². The van der Waals surface area contributed by atoms with Crippen molar-refractivity contribution in [1.82, 2.24) is 0 Å². The molecule has 0 saturated heterocycles. The van der Waals surface area contributed by atoms with E-state index in [1.165, 1.54) is 18.4 Å². The van der Waals surface area contributed by atoms with E-state index in [9.17, 15) is 9.59 Å². The third-order valence-corrected chi connectivity index (χ3v) is 4.29. The van der Waals surface area contributed by atoms with Crippen molar-refractivity contribution in [3.63, 3.8) is 0 Å². The second-order valence-corrected chi connectivity index (χ2v) is 5.65. The molecule has 106 valence electrons. The number of rotatable bonds is 4. The monoisotopic (exact) mass is 292 g/mol. The lowest BCUT2D eigenvalue weighted by Crippen LogP contribution is -2.28. The molecule has 1 aromatic carbocycles. The van der Waals surface area contributed by atoms with Crippen molar-refractivity contribution < 1.29 is 19.1 Å². The fourth-order valence-corrected chi connectivity index (χ4v) is 2.73. The van der Waals surface area contributed by atoms with E-state index in [0.717, 1.165) is 10.1 Å². The summed E-state index contributed by atoms with van der Waals surface area (Å²) in [5, 5.41) is 1.01. The van der Waals surface area contributed by atoms with E-state index in [4.69, 9.17) is 4.74 Å². The minimum Gasteiger partial charge on any atom is -0.469 e. The Morgan fingerprint density at radius 1 is 1.20 bits per heavy atom. The van der Waals surface area contributed by atoms with E-state index in [2.05, 4.69) is 4.74 Å². The van der Waals surface area contributed by atoms with Gasteiger partial charge in [0, 0.05) is 4.70 Å². The summed E-state index contributed by atoms with van der Waals surface area (Å²) in [6, 6.07) is 9.56. The summed E-state index contributed by atoms with van der Waals surface area (Å²) in [7, 11) is 1.32. The van der Waals surface area contributed by atoms with Gasteiger partial charge >= 0.3 is 11.9 Å². The van der Waals surface area contributed by atoms with Gasteiger partial charge in [-0.05, 0) is 31.4 Å². The van der Waals surface area contributed by atoms with Crippen molar-refractivity contribution in [2.75, 3.05) is 7.11 Å². The normalized spacial score (nSPS) is 13.8. The van der Waals surface area contributed by atoms with Crippen LogP contribution in [0.4, 0.5) is 0 Å². The Morgan fingerprint density at radius 2 is 1.90 bits per heavy atom. The minimum atomic E-state index is -0.528. The predicted molar refractivity (Wildman–Crippen MR) is 77.9 cm³/mol. The first-order valence-electron chi connectivity index (χ1n) is 6.30. The maximum absolute atomic E-state index is 12.1. The highest BCUT2D eigenvalue weighted by atomic mass is 32.1. The molecule has 2 atom stereocenters. The number of carbonyl (C=O) groups excluding carboxylic acids is 2. The molecule has 0 aliphatic heterocycles. The van der Waals surface area contributed by atoms with Crippen LogP contribution in [0.2, 0.25) is 0 Å². The summed E-state index contributed by atoms with van der Waals surface area (Å²) in [4.78, 5) is 24.0. The first-order valence-corrected chi connectivity index (χ1v) is 7.12. The molecule has 0 aliphatic rings. The Hall–Kier alpha value is -1.88. The van der Waals surface area contributed by atoms with Crippen molar-refractivity contribution in [3.05, 3.63) is 35.2 Å². The number of hydrogen-bond donors (Lipinski definition) is 0. The molecule has 0 fully saturated rings. The molecule has 20 heavy (non-hydrogen) atoms. The lowest BCUT2D eigenvalue weighted by molar-refractivity contribution is -0.148. The van der Waals surface area contributed by atoms with Crippen molar-refractivity contribution >= 4 is 33.4 Å². The standard InChI is InChI=1S/C15H16O4S/c1-9(14(16)18-3)10(2)19-15(17)13-8-11-6-4-5-7-12(11)20-13/h4-10H,1-3H3/t9-,10+/m0/s1. The number of esters is 2. The summed E-state index contributed by atoms with van der Waals surface area (Å²) < 4.78 is 11.0. The Bertz CT molecular complexity index is 599. The van der Waals surface area contributed by atoms with Crippen molar-refractivity contribution in [2.24, 2.45) is 5.92 Å². The summed E-state index contributed by atoms with van der Waals surface area (Å²) >= 11 is 1.38. The van der Waals surface area contributed by atoms with Gasteiger partial charge in [-0.2, -0.15) is 0 Å². The van der Waals surface area contributed by atoms with E-state index in [-0.39, 0.29) is 5.97 Å². The third kappa shape index (κ3) is 2.99. The predicted octanol–water partition coefficient (Wildman–Crippen LogP) is 3.26.